The topological polar surface area (TPSA) is 127 Å². The van der Waals surface area contributed by atoms with E-state index in [1.807, 2.05) is 30.3 Å². The summed E-state index contributed by atoms with van der Waals surface area (Å²) in [6.45, 7) is 2.31. The van der Waals surface area contributed by atoms with Crippen molar-refractivity contribution < 1.29 is 37.7 Å². The molecule has 0 aliphatic rings. The minimum absolute atomic E-state index is 0.00567. The molecule has 0 aromatic heterocycles. The summed E-state index contributed by atoms with van der Waals surface area (Å²) in [5.41, 5.74) is 3.49. The maximum atomic E-state index is 12.6. The lowest BCUT2D eigenvalue weighted by molar-refractivity contribution is -0.138. The molecule has 0 fully saturated rings. The van der Waals surface area contributed by atoms with Crippen LogP contribution >= 0.6 is 11.6 Å². The molecule has 3 aromatic carbocycles. The highest BCUT2D eigenvalue weighted by molar-refractivity contribution is 7.91. The molecule has 2 N–H and O–H groups in total. The van der Waals surface area contributed by atoms with Crippen LogP contribution in [0.25, 0.3) is 11.1 Å². The minimum atomic E-state index is -3.43. The Morgan fingerprint density at radius 3 is 2.16 bits per heavy atom. The van der Waals surface area contributed by atoms with Crippen molar-refractivity contribution in [1.29, 1.82) is 0 Å². The van der Waals surface area contributed by atoms with Gasteiger partial charge in [-0.2, -0.15) is 0 Å². The molecule has 0 atom stereocenters. The molecule has 10 heteroatoms. The molecule has 0 unspecified atom stereocenters. The number of carbonyl (C=O) groups is 2. The standard InChI is InChI=1S/C33H39ClO8S/c1-2-43(39,40)29-22-26(24-13-15-27(34)16-14-24)21-28(23-29)41-19-6-4-3-5-9-25-10-7-11-31(30(25)17-18-33(37)38)42-20-8-12-32(35)36/h7,10-11,13-16,21-23H,2-6,8-9,12,17-20H2,1H3,(H,35,36)(H,37,38). The minimum Gasteiger partial charge on any atom is -0.494 e. The lowest BCUT2D eigenvalue weighted by atomic mass is 9.97. The largest absolute Gasteiger partial charge is 0.494 e. The summed E-state index contributed by atoms with van der Waals surface area (Å²) in [6.07, 6.45) is 5.02. The third-order valence-electron chi connectivity index (χ3n) is 7.02. The lowest BCUT2D eigenvalue weighted by Gasteiger charge is -2.15. The molecule has 0 radical (unpaired) electrons. The molecule has 0 spiro atoms. The fraction of sp³-hybridized carbons (Fsp3) is 0.394. The highest BCUT2D eigenvalue weighted by Crippen LogP contribution is 2.30. The number of unbranched alkanes of at least 4 members (excludes halogenated alkanes) is 3. The fourth-order valence-corrected chi connectivity index (χ4v) is 5.73. The van der Waals surface area contributed by atoms with E-state index in [9.17, 15) is 23.1 Å². The highest BCUT2D eigenvalue weighted by atomic mass is 35.5. The molecule has 0 bridgehead atoms. The van der Waals surface area contributed by atoms with E-state index < -0.39 is 21.8 Å². The number of hydrogen-bond donors (Lipinski definition) is 2. The van der Waals surface area contributed by atoms with Crippen LogP contribution < -0.4 is 9.47 Å². The molecular formula is C33H39ClO8S. The van der Waals surface area contributed by atoms with E-state index in [4.69, 9.17) is 26.2 Å². The Labute approximate surface area is 258 Å². The van der Waals surface area contributed by atoms with Crippen molar-refractivity contribution in [2.75, 3.05) is 19.0 Å². The third kappa shape index (κ3) is 11.2. The number of aryl methyl sites for hydroxylation is 1. The zero-order chi connectivity index (χ0) is 31.2. The highest BCUT2D eigenvalue weighted by Gasteiger charge is 2.16. The van der Waals surface area contributed by atoms with Crippen molar-refractivity contribution in [2.45, 2.75) is 69.6 Å². The van der Waals surface area contributed by atoms with Crippen molar-refractivity contribution in [3.05, 3.63) is 76.8 Å². The lowest BCUT2D eigenvalue weighted by Crippen LogP contribution is -2.07. The number of aliphatic carboxylic acids is 2. The zero-order valence-electron chi connectivity index (χ0n) is 24.4. The maximum absolute atomic E-state index is 12.6. The van der Waals surface area contributed by atoms with Gasteiger partial charge < -0.3 is 19.7 Å². The number of sulfone groups is 1. The second-order valence-corrected chi connectivity index (χ2v) is 13.0. The Morgan fingerprint density at radius 2 is 1.47 bits per heavy atom. The number of benzene rings is 3. The molecule has 43 heavy (non-hydrogen) atoms. The van der Waals surface area contributed by atoms with Crippen molar-refractivity contribution in [3.63, 3.8) is 0 Å². The third-order valence-corrected chi connectivity index (χ3v) is 8.98. The molecule has 8 nitrogen and oxygen atoms in total. The molecule has 232 valence electrons. The first-order chi connectivity index (χ1) is 20.6. The van der Waals surface area contributed by atoms with Gasteiger partial charge in [0.15, 0.2) is 9.84 Å². The van der Waals surface area contributed by atoms with Gasteiger partial charge in [0.1, 0.15) is 11.5 Å². The average molecular weight is 631 g/mol. The molecular weight excluding hydrogens is 592 g/mol. The van der Waals surface area contributed by atoms with Crippen molar-refractivity contribution in [2.24, 2.45) is 0 Å². The number of rotatable bonds is 19. The van der Waals surface area contributed by atoms with Crippen LogP contribution in [-0.2, 0) is 32.3 Å². The van der Waals surface area contributed by atoms with Crippen LogP contribution in [-0.4, -0.2) is 49.5 Å². The monoisotopic (exact) mass is 630 g/mol. The van der Waals surface area contributed by atoms with E-state index in [0.29, 0.717) is 36.0 Å². The van der Waals surface area contributed by atoms with Crippen molar-refractivity contribution in [1.82, 2.24) is 0 Å². The number of halogens is 1. The number of carboxylic acid groups (broad SMARTS) is 2. The molecule has 0 heterocycles. The Hall–Kier alpha value is -3.56. The number of carboxylic acids is 2. The second kappa shape index (κ2) is 16.9. The van der Waals surface area contributed by atoms with Crippen LogP contribution in [0.1, 0.15) is 63.0 Å². The molecule has 0 aliphatic heterocycles. The van der Waals surface area contributed by atoms with Gasteiger partial charge in [-0.3, -0.25) is 9.59 Å². The van der Waals surface area contributed by atoms with E-state index in [-0.39, 0.29) is 30.1 Å². The predicted octanol–water partition coefficient (Wildman–Crippen LogP) is 7.24. The average Bonchev–Trinajstić information content (AvgIpc) is 2.98. The zero-order valence-corrected chi connectivity index (χ0v) is 26.0. The van der Waals surface area contributed by atoms with E-state index in [1.54, 1.807) is 37.3 Å². The van der Waals surface area contributed by atoms with E-state index in [1.165, 1.54) is 0 Å². The Balaban J connectivity index is 1.55. The van der Waals surface area contributed by atoms with Gasteiger partial charge in [-0.05, 0) is 90.8 Å². The normalized spacial score (nSPS) is 11.3. The summed E-state index contributed by atoms with van der Waals surface area (Å²) in [7, 11) is -3.43. The smallest absolute Gasteiger partial charge is 0.303 e. The molecule has 3 rings (SSSR count). The van der Waals surface area contributed by atoms with Crippen LogP contribution in [0.15, 0.2) is 65.6 Å². The summed E-state index contributed by atoms with van der Waals surface area (Å²) >= 11 is 6.02. The van der Waals surface area contributed by atoms with Crippen LogP contribution in [0.2, 0.25) is 5.02 Å². The second-order valence-electron chi connectivity index (χ2n) is 10.2. The van der Waals surface area contributed by atoms with E-state index in [0.717, 1.165) is 54.4 Å². The number of ether oxygens (including phenoxy) is 2. The summed E-state index contributed by atoms with van der Waals surface area (Å²) < 4.78 is 37.1. The van der Waals surface area contributed by atoms with Crippen LogP contribution in [0.3, 0.4) is 0 Å². The molecule has 0 amide bonds. The van der Waals surface area contributed by atoms with Gasteiger partial charge in [0, 0.05) is 17.9 Å². The quantitative estimate of drug-likeness (QED) is 0.133. The Bertz CT molecular complexity index is 1470. The molecule has 0 saturated heterocycles. The molecule has 0 saturated carbocycles. The van der Waals surface area contributed by atoms with Crippen LogP contribution in [0.4, 0.5) is 0 Å². The van der Waals surface area contributed by atoms with Gasteiger partial charge in [0.2, 0.25) is 0 Å². The van der Waals surface area contributed by atoms with Gasteiger partial charge in [-0.1, -0.05) is 55.6 Å². The predicted molar refractivity (Wildman–Crippen MR) is 167 cm³/mol. The van der Waals surface area contributed by atoms with Gasteiger partial charge in [0.25, 0.3) is 0 Å². The molecule has 3 aromatic rings. The van der Waals surface area contributed by atoms with E-state index >= 15 is 0 Å². The van der Waals surface area contributed by atoms with Gasteiger partial charge in [-0.15, -0.1) is 0 Å². The van der Waals surface area contributed by atoms with Gasteiger partial charge in [0.05, 0.1) is 23.9 Å². The first-order valence-corrected chi connectivity index (χ1v) is 16.6. The summed E-state index contributed by atoms with van der Waals surface area (Å²) in [5.74, 6) is -0.654. The Morgan fingerprint density at radius 1 is 0.767 bits per heavy atom. The molecule has 0 aliphatic carbocycles. The first-order valence-electron chi connectivity index (χ1n) is 14.5. The summed E-state index contributed by atoms with van der Waals surface area (Å²) in [5, 5.41) is 18.7. The Kier molecular flexibility index (Phi) is 13.3. The summed E-state index contributed by atoms with van der Waals surface area (Å²) in [4.78, 5) is 22.2. The fourth-order valence-electron chi connectivity index (χ4n) is 4.67. The summed E-state index contributed by atoms with van der Waals surface area (Å²) in [6, 6.07) is 18.0. The van der Waals surface area contributed by atoms with Gasteiger partial charge in [-0.25, -0.2) is 8.42 Å². The number of hydrogen-bond acceptors (Lipinski definition) is 6. The van der Waals surface area contributed by atoms with Gasteiger partial charge >= 0.3 is 11.9 Å². The first kappa shape index (κ1) is 33.9. The van der Waals surface area contributed by atoms with Crippen molar-refractivity contribution in [3.8, 4) is 22.6 Å². The van der Waals surface area contributed by atoms with Crippen LogP contribution in [0, 0.1) is 0 Å². The van der Waals surface area contributed by atoms with Crippen molar-refractivity contribution >= 4 is 33.4 Å². The van der Waals surface area contributed by atoms with E-state index in [2.05, 4.69) is 0 Å². The maximum Gasteiger partial charge on any atom is 0.303 e. The van der Waals surface area contributed by atoms with Crippen LogP contribution in [0.5, 0.6) is 11.5 Å². The SMILES string of the molecule is CCS(=O)(=O)c1cc(OCCCCCCc2cccc(OCCCC(=O)O)c2CCC(=O)O)cc(-c2ccc(Cl)cc2)c1.